The fourth-order valence-corrected chi connectivity index (χ4v) is 2.33. The largest absolute Gasteiger partial charge is 0.460 e. The highest BCUT2D eigenvalue weighted by Crippen LogP contribution is 2.20. The normalized spacial score (nSPS) is 11.3. The van der Waals surface area contributed by atoms with Crippen molar-refractivity contribution in [2.24, 2.45) is 0 Å². The highest BCUT2D eigenvalue weighted by Gasteiger charge is 2.06. The van der Waals surface area contributed by atoms with Crippen molar-refractivity contribution in [2.45, 2.75) is 13.1 Å². The van der Waals surface area contributed by atoms with E-state index >= 15 is 0 Å². The van der Waals surface area contributed by atoms with Gasteiger partial charge in [-0.3, -0.25) is 4.90 Å². The van der Waals surface area contributed by atoms with Crippen LogP contribution in [-0.2, 0) is 13.1 Å². The third-order valence-electron chi connectivity index (χ3n) is 3.20. The first-order chi connectivity index (χ1) is 9.31. The van der Waals surface area contributed by atoms with Gasteiger partial charge in [-0.25, -0.2) is 0 Å². The van der Waals surface area contributed by atoms with Crippen LogP contribution < -0.4 is 0 Å². The molecule has 0 amide bonds. The van der Waals surface area contributed by atoms with E-state index in [1.165, 1.54) is 10.9 Å². The maximum Gasteiger partial charge on any atom is 0.134 e. The summed E-state index contributed by atoms with van der Waals surface area (Å²) in [5.41, 5.74) is 2.28. The monoisotopic (exact) mass is 251 g/mol. The second-order valence-corrected chi connectivity index (χ2v) is 4.91. The number of para-hydroxylation sites is 1. The third-order valence-corrected chi connectivity index (χ3v) is 3.20. The molecule has 3 aromatic rings. The molecule has 3 rings (SSSR count). The predicted octanol–water partition coefficient (Wildman–Crippen LogP) is 4.06. The zero-order chi connectivity index (χ0) is 13.1. The highest BCUT2D eigenvalue weighted by atomic mass is 16.3. The molecule has 0 aliphatic carbocycles. The van der Waals surface area contributed by atoms with E-state index < -0.39 is 0 Å². The number of hydrogen-bond acceptors (Lipinski definition) is 2. The first-order valence-corrected chi connectivity index (χ1v) is 6.51. The molecule has 1 aromatic heterocycles. The molecule has 2 nitrogen and oxygen atoms in total. The number of nitrogens with zero attached hydrogens (tertiary/aromatic N) is 1. The molecule has 0 saturated heterocycles. The standard InChI is InChI=1S/C17H17NO/c1-18(12-14-7-3-2-4-8-14)13-16-11-15-9-5-6-10-17(15)19-16/h2-11H,12-13H2,1H3. The molecule has 19 heavy (non-hydrogen) atoms. The van der Waals surface area contributed by atoms with Crippen molar-refractivity contribution in [3.8, 4) is 0 Å². The molecule has 0 bridgehead atoms. The van der Waals surface area contributed by atoms with Crippen LogP contribution in [0.15, 0.2) is 65.1 Å². The molecule has 0 fully saturated rings. The molecule has 0 unspecified atom stereocenters. The van der Waals surface area contributed by atoms with Crippen molar-refractivity contribution in [2.75, 3.05) is 7.05 Å². The van der Waals surface area contributed by atoms with E-state index in [1.54, 1.807) is 0 Å². The minimum absolute atomic E-state index is 0.823. The molecule has 0 spiro atoms. The maximum absolute atomic E-state index is 5.83. The van der Waals surface area contributed by atoms with E-state index in [2.05, 4.69) is 48.3 Å². The van der Waals surface area contributed by atoms with Crippen LogP contribution in [-0.4, -0.2) is 11.9 Å². The Morgan fingerprint density at radius 2 is 1.63 bits per heavy atom. The number of benzene rings is 2. The van der Waals surface area contributed by atoms with Crippen LogP contribution in [0.1, 0.15) is 11.3 Å². The van der Waals surface area contributed by atoms with Gasteiger partial charge in [0.25, 0.3) is 0 Å². The summed E-state index contributed by atoms with van der Waals surface area (Å²) in [6.45, 7) is 1.75. The maximum atomic E-state index is 5.83. The summed E-state index contributed by atoms with van der Waals surface area (Å²) in [6, 6.07) is 20.7. The summed E-state index contributed by atoms with van der Waals surface area (Å²) < 4.78 is 5.83. The van der Waals surface area contributed by atoms with Crippen molar-refractivity contribution in [1.29, 1.82) is 0 Å². The van der Waals surface area contributed by atoms with E-state index in [9.17, 15) is 0 Å². The summed E-state index contributed by atoms with van der Waals surface area (Å²) in [6.07, 6.45) is 0. The van der Waals surface area contributed by atoms with Crippen LogP contribution in [0.2, 0.25) is 0 Å². The van der Waals surface area contributed by atoms with Crippen LogP contribution in [0.5, 0.6) is 0 Å². The van der Waals surface area contributed by atoms with Gasteiger partial charge < -0.3 is 4.42 Å². The third kappa shape index (κ3) is 2.85. The van der Waals surface area contributed by atoms with Gasteiger partial charge in [0.2, 0.25) is 0 Å². The van der Waals surface area contributed by atoms with E-state index in [0.717, 1.165) is 24.4 Å². The van der Waals surface area contributed by atoms with E-state index in [-0.39, 0.29) is 0 Å². The molecule has 0 N–H and O–H groups in total. The van der Waals surface area contributed by atoms with E-state index in [4.69, 9.17) is 4.42 Å². The Balaban J connectivity index is 1.70. The van der Waals surface area contributed by atoms with Crippen LogP contribution in [0.4, 0.5) is 0 Å². The molecule has 2 aromatic carbocycles. The lowest BCUT2D eigenvalue weighted by Gasteiger charge is -2.14. The molecule has 1 heterocycles. The van der Waals surface area contributed by atoms with Gasteiger partial charge in [0.1, 0.15) is 11.3 Å². The van der Waals surface area contributed by atoms with Gasteiger partial charge in [-0.15, -0.1) is 0 Å². The van der Waals surface area contributed by atoms with Crippen LogP contribution >= 0.6 is 0 Å². The van der Waals surface area contributed by atoms with E-state index in [0.29, 0.717) is 0 Å². The number of fused-ring (bicyclic) bond motifs is 1. The minimum Gasteiger partial charge on any atom is -0.460 e. The molecule has 96 valence electrons. The zero-order valence-electron chi connectivity index (χ0n) is 11.0. The summed E-state index contributed by atoms with van der Waals surface area (Å²) in [5, 5.41) is 1.17. The Kier molecular flexibility index (Phi) is 3.34. The first kappa shape index (κ1) is 12.0. The van der Waals surface area contributed by atoms with Gasteiger partial charge in [0.15, 0.2) is 0 Å². The lowest BCUT2D eigenvalue weighted by Crippen LogP contribution is -2.16. The summed E-state index contributed by atoms with van der Waals surface area (Å²) in [5.74, 6) is 1.01. The zero-order valence-corrected chi connectivity index (χ0v) is 11.0. The molecular formula is C17H17NO. The lowest BCUT2D eigenvalue weighted by molar-refractivity contribution is 0.292. The Morgan fingerprint density at radius 3 is 2.42 bits per heavy atom. The second-order valence-electron chi connectivity index (χ2n) is 4.91. The first-order valence-electron chi connectivity index (χ1n) is 6.51. The smallest absolute Gasteiger partial charge is 0.134 e. The molecule has 0 aliphatic rings. The van der Waals surface area contributed by atoms with Gasteiger partial charge in [0.05, 0.1) is 6.54 Å². The van der Waals surface area contributed by atoms with Gasteiger partial charge >= 0.3 is 0 Å². The number of hydrogen-bond donors (Lipinski definition) is 0. The van der Waals surface area contributed by atoms with Crippen LogP contribution in [0, 0.1) is 0 Å². The van der Waals surface area contributed by atoms with Crippen molar-refractivity contribution in [1.82, 2.24) is 4.90 Å². The summed E-state index contributed by atoms with van der Waals surface area (Å²) >= 11 is 0. The SMILES string of the molecule is CN(Cc1ccccc1)Cc1cc2ccccc2o1. The van der Waals surface area contributed by atoms with Crippen LogP contribution in [0.3, 0.4) is 0 Å². The van der Waals surface area contributed by atoms with E-state index in [1.807, 2.05) is 24.3 Å². The summed E-state index contributed by atoms with van der Waals surface area (Å²) in [4.78, 5) is 2.26. The second kappa shape index (κ2) is 5.29. The summed E-state index contributed by atoms with van der Waals surface area (Å²) in [7, 11) is 2.11. The van der Waals surface area contributed by atoms with Gasteiger partial charge in [0, 0.05) is 11.9 Å². The average molecular weight is 251 g/mol. The Hall–Kier alpha value is -2.06. The van der Waals surface area contributed by atoms with Crippen molar-refractivity contribution in [3.63, 3.8) is 0 Å². The van der Waals surface area contributed by atoms with Crippen molar-refractivity contribution in [3.05, 3.63) is 72.0 Å². The number of rotatable bonds is 4. The molecule has 2 heteroatoms. The van der Waals surface area contributed by atoms with Crippen molar-refractivity contribution < 1.29 is 4.42 Å². The van der Waals surface area contributed by atoms with Crippen LogP contribution in [0.25, 0.3) is 11.0 Å². The topological polar surface area (TPSA) is 16.4 Å². The molecule has 0 atom stereocenters. The van der Waals surface area contributed by atoms with Gasteiger partial charge in [-0.1, -0.05) is 48.5 Å². The highest BCUT2D eigenvalue weighted by molar-refractivity contribution is 5.77. The van der Waals surface area contributed by atoms with Crippen molar-refractivity contribution >= 4 is 11.0 Å². The Labute approximate surface area is 113 Å². The Bertz CT molecular complexity index is 624. The lowest BCUT2D eigenvalue weighted by atomic mass is 10.2. The molecule has 0 aliphatic heterocycles. The molecular weight excluding hydrogens is 234 g/mol. The van der Waals surface area contributed by atoms with Gasteiger partial charge in [-0.2, -0.15) is 0 Å². The quantitative estimate of drug-likeness (QED) is 0.695. The average Bonchev–Trinajstić information content (AvgIpc) is 2.81. The van der Waals surface area contributed by atoms with Gasteiger partial charge in [-0.05, 0) is 24.7 Å². The molecule has 0 radical (unpaired) electrons. The fraction of sp³-hybridized carbons (Fsp3) is 0.176. The molecule has 0 saturated carbocycles. The number of furan rings is 1. The Morgan fingerprint density at radius 1 is 0.895 bits per heavy atom. The fourth-order valence-electron chi connectivity index (χ4n) is 2.33. The predicted molar refractivity (Wildman–Crippen MR) is 77.8 cm³/mol. The minimum atomic E-state index is 0.823.